The fraction of sp³-hybridized carbons (Fsp3) is 0.549. The van der Waals surface area contributed by atoms with Crippen molar-refractivity contribution in [3.63, 3.8) is 0 Å². The van der Waals surface area contributed by atoms with Crippen molar-refractivity contribution in [3.8, 4) is 11.5 Å². The van der Waals surface area contributed by atoms with Gasteiger partial charge in [-0.15, -0.1) is 0 Å². The van der Waals surface area contributed by atoms with Gasteiger partial charge in [0, 0.05) is 16.7 Å². The van der Waals surface area contributed by atoms with Gasteiger partial charge in [0.15, 0.2) is 17.3 Å². The molecule has 3 aromatic carbocycles. The van der Waals surface area contributed by atoms with Crippen LogP contribution in [0.2, 0.25) is 0 Å². The normalized spacial score (nSPS) is 14.8. The SMILES string of the molecule is CCC(C)C(=O)OCCOc1ccc(C(=O)C(C)(C)O)cc1.CCC(C)C(=O)OCCOc1ccc(C(=O)C(C)(C)O)cc1.CCC(C)c1ccc(C(=O)C2(O)CCCCC2)cc1. The van der Waals surface area contributed by atoms with Gasteiger partial charge in [0.05, 0.1) is 11.8 Å². The Bertz CT molecular complexity index is 1770. The van der Waals surface area contributed by atoms with Gasteiger partial charge < -0.3 is 34.3 Å². The Kier molecular flexibility index (Phi) is 22.4. The smallest absolute Gasteiger partial charge is 0.308 e. The summed E-state index contributed by atoms with van der Waals surface area (Å²) >= 11 is 0. The highest BCUT2D eigenvalue weighted by Crippen LogP contribution is 2.32. The fourth-order valence-corrected chi connectivity index (χ4v) is 6.16. The molecule has 0 aliphatic heterocycles. The molecule has 12 nitrogen and oxygen atoms in total. The maximum Gasteiger partial charge on any atom is 0.308 e. The zero-order valence-electron chi connectivity index (χ0n) is 39.2. The van der Waals surface area contributed by atoms with Crippen molar-refractivity contribution in [2.75, 3.05) is 26.4 Å². The lowest BCUT2D eigenvalue weighted by atomic mass is 9.79. The molecule has 348 valence electrons. The Morgan fingerprint density at radius 1 is 0.556 bits per heavy atom. The molecule has 1 fully saturated rings. The highest BCUT2D eigenvalue weighted by atomic mass is 16.6. The van der Waals surface area contributed by atoms with Crippen LogP contribution in [0.25, 0.3) is 0 Å². The Balaban J connectivity index is 0.000000326. The van der Waals surface area contributed by atoms with Gasteiger partial charge >= 0.3 is 11.9 Å². The van der Waals surface area contributed by atoms with Gasteiger partial charge in [-0.05, 0) is 120 Å². The van der Waals surface area contributed by atoms with Gasteiger partial charge in [-0.1, -0.05) is 85.1 Å². The predicted octanol–water partition coefficient (Wildman–Crippen LogP) is 9.29. The molecule has 1 saturated carbocycles. The number of aliphatic hydroxyl groups is 3. The lowest BCUT2D eigenvalue weighted by Crippen LogP contribution is -2.40. The number of ketones is 3. The highest BCUT2D eigenvalue weighted by Gasteiger charge is 2.37. The van der Waals surface area contributed by atoms with E-state index in [1.165, 1.54) is 33.3 Å². The summed E-state index contributed by atoms with van der Waals surface area (Å²) in [6, 6.07) is 20.8. The average Bonchev–Trinajstić information content (AvgIpc) is 3.28. The Hall–Kier alpha value is -4.91. The third-order valence-corrected chi connectivity index (χ3v) is 11.0. The van der Waals surface area contributed by atoms with Gasteiger partial charge in [0.25, 0.3) is 0 Å². The summed E-state index contributed by atoms with van der Waals surface area (Å²) < 4.78 is 21.0. The number of ether oxygens (including phenoxy) is 4. The van der Waals surface area contributed by atoms with E-state index in [9.17, 15) is 39.3 Å². The number of hydrogen-bond acceptors (Lipinski definition) is 12. The molecular weight excluding hydrogens is 805 g/mol. The van der Waals surface area contributed by atoms with E-state index in [1.54, 1.807) is 48.5 Å². The fourth-order valence-electron chi connectivity index (χ4n) is 6.16. The Morgan fingerprint density at radius 2 is 0.921 bits per heavy atom. The van der Waals surface area contributed by atoms with Crippen LogP contribution >= 0.6 is 0 Å². The van der Waals surface area contributed by atoms with Crippen molar-refractivity contribution in [3.05, 3.63) is 95.1 Å². The van der Waals surface area contributed by atoms with Gasteiger partial charge in [-0.3, -0.25) is 24.0 Å². The zero-order chi connectivity index (χ0) is 47.4. The molecule has 4 rings (SSSR count). The van der Waals surface area contributed by atoms with Crippen LogP contribution in [0.4, 0.5) is 0 Å². The van der Waals surface area contributed by atoms with Crippen molar-refractivity contribution < 1.29 is 58.2 Å². The number of Topliss-reactive ketones (excluding diaryl/α,β-unsaturated/α-hetero) is 3. The second-order valence-electron chi connectivity index (χ2n) is 17.3. The zero-order valence-corrected chi connectivity index (χ0v) is 39.2. The highest BCUT2D eigenvalue weighted by molar-refractivity contribution is 6.03. The molecule has 3 unspecified atom stereocenters. The number of esters is 2. The molecular formula is C51H72O12. The van der Waals surface area contributed by atoms with Crippen molar-refractivity contribution >= 4 is 29.3 Å². The van der Waals surface area contributed by atoms with E-state index in [0.29, 0.717) is 46.9 Å². The lowest BCUT2D eigenvalue weighted by Gasteiger charge is -2.30. The lowest BCUT2D eigenvalue weighted by molar-refractivity contribution is -0.149. The number of rotatable bonds is 20. The topological polar surface area (TPSA) is 183 Å². The van der Waals surface area contributed by atoms with Crippen molar-refractivity contribution in [2.45, 2.75) is 143 Å². The molecule has 3 aromatic rings. The summed E-state index contributed by atoms with van der Waals surface area (Å²) in [6.45, 7) is 18.5. The van der Waals surface area contributed by atoms with Crippen molar-refractivity contribution in [1.82, 2.24) is 0 Å². The first-order chi connectivity index (χ1) is 29.6. The first-order valence-corrected chi connectivity index (χ1v) is 22.3. The average molecular weight is 877 g/mol. The molecule has 0 radical (unpaired) electrons. The van der Waals surface area contributed by atoms with Crippen molar-refractivity contribution in [1.29, 1.82) is 0 Å². The molecule has 12 heteroatoms. The van der Waals surface area contributed by atoms with E-state index in [4.69, 9.17) is 18.9 Å². The summed E-state index contributed by atoms with van der Waals surface area (Å²) in [5, 5.41) is 29.8. The third-order valence-electron chi connectivity index (χ3n) is 11.0. The number of benzene rings is 3. The number of carbonyl (C=O) groups excluding carboxylic acids is 5. The molecule has 0 bridgehead atoms. The summed E-state index contributed by atoms with van der Waals surface area (Å²) in [7, 11) is 0. The van der Waals surface area contributed by atoms with Crippen molar-refractivity contribution in [2.24, 2.45) is 11.8 Å². The largest absolute Gasteiger partial charge is 0.490 e. The van der Waals surface area contributed by atoms with Crippen LogP contribution in [0, 0.1) is 11.8 Å². The van der Waals surface area contributed by atoms with E-state index >= 15 is 0 Å². The summed E-state index contributed by atoms with van der Waals surface area (Å²) in [4.78, 5) is 59.1. The van der Waals surface area contributed by atoms with Crippen LogP contribution in [-0.4, -0.2) is 87.8 Å². The summed E-state index contributed by atoms with van der Waals surface area (Å²) in [5.41, 5.74) is -1.16. The van der Waals surface area contributed by atoms with E-state index < -0.39 is 16.8 Å². The minimum Gasteiger partial charge on any atom is -0.490 e. The van der Waals surface area contributed by atoms with E-state index in [1.807, 2.05) is 52.0 Å². The number of carbonyl (C=O) groups is 5. The number of hydrogen-bond donors (Lipinski definition) is 3. The maximum absolute atomic E-state index is 12.4. The molecule has 3 N–H and O–H groups in total. The first-order valence-electron chi connectivity index (χ1n) is 22.3. The van der Waals surface area contributed by atoms with Crippen LogP contribution in [-0.2, 0) is 19.1 Å². The molecule has 1 aliphatic rings. The second kappa shape index (κ2) is 26.0. The van der Waals surface area contributed by atoms with E-state index in [0.717, 1.165) is 38.5 Å². The van der Waals surface area contributed by atoms with Crippen LogP contribution < -0.4 is 9.47 Å². The minimum atomic E-state index is -1.40. The molecule has 1 aliphatic carbocycles. The summed E-state index contributed by atoms with van der Waals surface area (Å²) in [5.74, 6) is 0.223. The minimum absolute atomic E-state index is 0.0945. The molecule has 0 amide bonds. The molecule has 0 aromatic heterocycles. The van der Waals surface area contributed by atoms with Gasteiger partial charge in [-0.25, -0.2) is 0 Å². The molecule has 63 heavy (non-hydrogen) atoms. The molecule has 3 atom stereocenters. The molecule has 0 saturated heterocycles. The molecule has 0 spiro atoms. The van der Waals surface area contributed by atoms with Gasteiger partial charge in [0.2, 0.25) is 0 Å². The van der Waals surface area contributed by atoms with Crippen LogP contribution in [0.1, 0.15) is 163 Å². The standard InChI is InChI=1S/2C17H24O5.C17H24O2/c2*1-5-12(2)16(19)22-11-10-21-14-8-6-13(7-9-14)15(18)17(3,4)20;1-3-13(2)14-7-9-15(10-8-14)16(18)17(19)11-5-4-6-12-17/h2*6-9,12,20H,5,10-11H2,1-4H3;7-10,13,19H,3-6,11-12H2,1-2H3. The predicted molar refractivity (Wildman–Crippen MR) is 243 cm³/mol. The van der Waals surface area contributed by atoms with E-state index in [2.05, 4.69) is 13.8 Å². The quantitative estimate of drug-likeness (QED) is 0.0557. The second-order valence-corrected chi connectivity index (χ2v) is 17.3. The summed E-state index contributed by atoms with van der Waals surface area (Å²) in [6.07, 6.45) is 6.84. The van der Waals surface area contributed by atoms with E-state index in [-0.39, 0.29) is 67.6 Å². The molecule has 0 heterocycles. The van der Waals surface area contributed by atoms with Crippen LogP contribution in [0.5, 0.6) is 11.5 Å². The first kappa shape index (κ1) is 54.2. The monoisotopic (exact) mass is 877 g/mol. The Morgan fingerprint density at radius 3 is 1.25 bits per heavy atom. The van der Waals surface area contributed by atoms with Gasteiger partial charge in [0.1, 0.15) is 54.7 Å². The maximum atomic E-state index is 12.4. The van der Waals surface area contributed by atoms with Gasteiger partial charge in [-0.2, -0.15) is 0 Å². The third kappa shape index (κ3) is 18.4. The van der Waals surface area contributed by atoms with Crippen LogP contribution in [0.15, 0.2) is 72.8 Å². The Labute approximate surface area is 374 Å². The van der Waals surface area contributed by atoms with Crippen LogP contribution in [0.3, 0.4) is 0 Å².